The topological polar surface area (TPSA) is 51.5 Å². The average molecular weight is 327 g/mol. The number of likely N-dealkylation sites (tertiary alicyclic amines) is 1. The van der Waals surface area contributed by atoms with Crippen LogP contribution in [0, 0.1) is 0 Å². The number of methoxy groups -OCH3 is 1. The number of rotatable bonds is 3. The van der Waals surface area contributed by atoms with Crippen LogP contribution < -0.4 is 0 Å². The molecular weight excluding hydrogens is 312 g/mol. The molecule has 0 N–H and O–H groups in total. The number of carbonyl (C=O) groups excluding carboxylic acids is 2. The lowest BCUT2D eigenvalue weighted by atomic mass is 10.4. The predicted octanol–water partition coefficient (Wildman–Crippen LogP) is 2.77. The highest BCUT2D eigenvalue weighted by molar-refractivity contribution is 7.22. The highest BCUT2D eigenvalue weighted by atomic mass is 35.5. The molecule has 1 amide bonds. The van der Waals surface area contributed by atoms with Crippen molar-refractivity contribution in [1.82, 2.24) is 9.47 Å². The highest BCUT2D eigenvalue weighted by Gasteiger charge is 2.23. The van der Waals surface area contributed by atoms with Crippen molar-refractivity contribution < 1.29 is 14.3 Å². The van der Waals surface area contributed by atoms with E-state index in [0.717, 1.165) is 36.1 Å². The second-order valence-corrected chi connectivity index (χ2v) is 6.71. The molecular formula is C14H15ClN2O3S. The van der Waals surface area contributed by atoms with Crippen molar-refractivity contribution in [3.8, 4) is 0 Å². The molecule has 112 valence electrons. The molecule has 0 spiro atoms. The van der Waals surface area contributed by atoms with Gasteiger partial charge in [-0.15, -0.1) is 11.3 Å². The molecule has 2 aromatic rings. The van der Waals surface area contributed by atoms with Gasteiger partial charge in [-0.25, -0.2) is 4.79 Å². The first-order valence-corrected chi connectivity index (χ1v) is 7.94. The summed E-state index contributed by atoms with van der Waals surface area (Å²) in [4.78, 5) is 26.1. The van der Waals surface area contributed by atoms with Crippen LogP contribution in [-0.2, 0) is 16.1 Å². The molecule has 5 nitrogen and oxygen atoms in total. The third-order valence-electron chi connectivity index (χ3n) is 3.71. The van der Waals surface area contributed by atoms with Gasteiger partial charge < -0.3 is 14.2 Å². The van der Waals surface area contributed by atoms with E-state index in [2.05, 4.69) is 0 Å². The van der Waals surface area contributed by atoms with E-state index in [1.54, 1.807) is 16.7 Å². The van der Waals surface area contributed by atoms with E-state index in [1.807, 2.05) is 4.90 Å². The number of nitrogens with zero attached hydrogens (tertiary/aromatic N) is 2. The number of hydrogen-bond acceptors (Lipinski definition) is 4. The van der Waals surface area contributed by atoms with Crippen LogP contribution in [0.15, 0.2) is 12.1 Å². The van der Waals surface area contributed by atoms with Crippen molar-refractivity contribution in [1.29, 1.82) is 0 Å². The Balaban J connectivity index is 1.97. The molecule has 7 heteroatoms. The summed E-state index contributed by atoms with van der Waals surface area (Å²) in [6.45, 7) is 1.73. The second-order valence-electron chi connectivity index (χ2n) is 5.00. The van der Waals surface area contributed by atoms with Crippen molar-refractivity contribution in [3.05, 3.63) is 22.2 Å². The third-order valence-corrected chi connectivity index (χ3v) is 4.91. The fourth-order valence-corrected chi connectivity index (χ4v) is 3.84. The van der Waals surface area contributed by atoms with E-state index >= 15 is 0 Å². The first kappa shape index (κ1) is 14.4. The van der Waals surface area contributed by atoms with Crippen LogP contribution in [0.3, 0.4) is 0 Å². The molecule has 1 fully saturated rings. The summed E-state index contributed by atoms with van der Waals surface area (Å²) in [5, 5.41) is 0. The minimum atomic E-state index is -0.441. The van der Waals surface area contributed by atoms with Gasteiger partial charge in [-0.1, -0.05) is 11.6 Å². The molecule has 1 aliphatic heterocycles. The maximum absolute atomic E-state index is 12.3. The SMILES string of the molecule is COC(=O)c1cc2sc(Cl)cc2n1CC(=O)N1CCCC1. The zero-order valence-electron chi connectivity index (χ0n) is 11.6. The van der Waals surface area contributed by atoms with Crippen LogP contribution in [-0.4, -0.2) is 41.5 Å². The van der Waals surface area contributed by atoms with Gasteiger partial charge in [0.15, 0.2) is 0 Å². The van der Waals surface area contributed by atoms with Crippen LogP contribution in [0.5, 0.6) is 0 Å². The molecule has 0 saturated carbocycles. The summed E-state index contributed by atoms with van der Waals surface area (Å²) in [5.41, 5.74) is 1.20. The zero-order chi connectivity index (χ0) is 15.0. The Morgan fingerprint density at radius 3 is 2.71 bits per heavy atom. The van der Waals surface area contributed by atoms with Crippen LogP contribution in [0.1, 0.15) is 23.3 Å². The van der Waals surface area contributed by atoms with Gasteiger partial charge in [0.05, 0.1) is 21.7 Å². The van der Waals surface area contributed by atoms with Gasteiger partial charge in [0, 0.05) is 13.1 Å². The number of fused-ring (bicyclic) bond motifs is 1. The normalized spacial score (nSPS) is 14.9. The van der Waals surface area contributed by atoms with E-state index in [0.29, 0.717) is 10.0 Å². The molecule has 1 aliphatic rings. The van der Waals surface area contributed by atoms with Crippen LogP contribution >= 0.6 is 22.9 Å². The van der Waals surface area contributed by atoms with Gasteiger partial charge in [0.25, 0.3) is 0 Å². The maximum atomic E-state index is 12.3. The maximum Gasteiger partial charge on any atom is 0.354 e. The minimum absolute atomic E-state index is 0.0254. The first-order chi connectivity index (χ1) is 10.1. The standard InChI is InChI=1S/C14H15ClN2O3S/c1-20-14(19)10-6-11-9(7-12(15)21-11)17(10)8-13(18)16-4-2-3-5-16/h6-7H,2-5,8H2,1H3. The molecule has 0 bridgehead atoms. The Kier molecular flexibility index (Phi) is 3.91. The Hall–Kier alpha value is -1.53. The monoisotopic (exact) mass is 326 g/mol. The van der Waals surface area contributed by atoms with Gasteiger partial charge in [-0.3, -0.25) is 4.79 Å². The smallest absolute Gasteiger partial charge is 0.354 e. The summed E-state index contributed by atoms with van der Waals surface area (Å²) in [6.07, 6.45) is 2.09. The Morgan fingerprint density at radius 2 is 2.05 bits per heavy atom. The largest absolute Gasteiger partial charge is 0.464 e. The van der Waals surface area contributed by atoms with Crippen LogP contribution in [0.4, 0.5) is 0 Å². The number of hydrogen-bond donors (Lipinski definition) is 0. The number of ether oxygens (including phenoxy) is 1. The van der Waals surface area contributed by atoms with Gasteiger partial charge in [-0.05, 0) is 25.0 Å². The molecule has 0 radical (unpaired) electrons. The van der Waals surface area contributed by atoms with Gasteiger partial charge in [0.1, 0.15) is 12.2 Å². The summed E-state index contributed by atoms with van der Waals surface area (Å²) < 4.78 is 8.02. The van der Waals surface area contributed by atoms with Crippen LogP contribution in [0.2, 0.25) is 4.34 Å². The summed E-state index contributed by atoms with van der Waals surface area (Å²) in [6, 6.07) is 3.51. The Morgan fingerprint density at radius 1 is 1.33 bits per heavy atom. The van der Waals surface area contributed by atoms with Crippen molar-refractivity contribution in [2.45, 2.75) is 19.4 Å². The zero-order valence-corrected chi connectivity index (χ0v) is 13.2. The molecule has 0 aliphatic carbocycles. The molecule has 1 saturated heterocycles. The second kappa shape index (κ2) is 5.69. The molecule has 2 aromatic heterocycles. The van der Waals surface area contributed by atoms with E-state index in [-0.39, 0.29) is 12.5 Å². The van der Waals surface area contributed by atoms with Crippen molar-refractivity contribution in [3.63, 3.8) is 0 Å². The fourth-order valence-electron chi connectivity index (χ4n) is 2.66. The number of aromatic nitrogens is 1. The Labute approximate surface area is 131 Å². The van der Waals surface area contributed by atoms with Gasteiger partial charge in [-0.2, -0.15) is 0 Å². The highest BCUT2D eigenvalue weighted by Crippen LogP contribution is 2.32. The molecule has 0 atom stereocenters. The molecule has 3 rings (SSSR count). The lowest BCUT2D eigenvalue weighted by molar-refractivity contribution is -0.130. The van der Waals surface area contributed by atoms with Crippen molar-refractivity contribution in [2.24, 2.45) is 0 Å². The van der Waals surface area contributed by atoms with Crippen LogP contribution in [0.25, 0.3) is 10.2 Å². The fraction of sp³-hybridized carbons (Fsp3) is 0.429. The molecule has 21 heavy (non-hydrogen) atoms. The number of halogens is 1. The minimum Gasteiger partial charge on any atom is -0.464 e. The number of carbonyl (C=O) groups is 2. The Bertz CT molecular complexity index is 700. The van der Waals surface area contributed by atoms with E-state index in [9.17, 15) is 9.59 Å². The third kappa shape index (κ3) is 2.65. The van der Waals surface area contributed by atoms with E-state index in [4.69, 9.17) is 16.3 Å². The van der Waals surface area contributed by atoms with E-state index in [1.165, 1.54) is 18.4 Å². The predicted molar refractivity (Wildman–Crippen MR) is 82.0 cm³/mol. The van der Waals surface area contributed by atoms with Crippen molar-refractivity contribution >= 4 is 45.0 Å². The molecule has 0 aromatic carbocycles. The van der Waals surface area contributed by atoms with Gasteiger partial charge >= 0.3 is 5.97 Å². The lowest BCUT2D eigenvalue weighted by Gasteiger charge is -2.17. The lowest BCUT2D eigenvalue weighted by Crippen LogP contribution is -2.31. The number of amides is 1. The summed E-state index contributed by atoms with van der Waals surface area (Å²) >= 11 is 7.41. The number of thiophene rings is 1. The van der Waals surface area contributed by atoms with Crippen molar-refractivity contribution in [2.75, 3.05) is 20.2 Å². The average Bonchev–Trinajstić information content (AvgIpc) is 3.15. The number of esters is 1. The molecule has 0 unspecified atom stereocenters. The summed E-state index contributed by atoms with van der Waals surface area (Å²) in [7, 11) is 1.34. The molecule has 3 heterocycles. The quantitative estimate of drug-likeness (QED) is 0.815. The summed E-state index contributed by atoms with van der Waals surface area (Å²) in [5.74, 6) is -0.416. The van der Waals surface area contributed by atoms with E-state index < -0.39 is 5.97 Å². The first-order valence-electron chi connectivity index (χ1n) is 6.75. The van der Waals surface area contributed by atoms with Gasteiger partial charge in [0.2, 0.25) is 5.91 Å².